The highest BCUT2D eigenvalue weighted by molar-refractivity contribution is 6.30. The second-order valence-corrected chi connectivity index (χ2v) is 3.89. The van der Waals surface area contributed by atoms with Crippen molar-refractivity contribution in [2.24, 2.45) is 0 Å². The molecule has 0 aliphatic rings. The largest absolute Gasteiger partial charge is 0.244 e. The molecule has 1 aromatic heterocycles. The van der Waals surface area contributed by atoms with Gasteiger partial charge in [-0.2, -0.15) is 0 Å². The number of pyridine rings is 1. The average Bonchev–Trinajstić information content (AvgIpc) is 2.26. The van der Waals surface area contributed by atoms with Crippen LogP contribution in [0.15, 0.2) is 36.5 Å². The van der Waals surface area contributed by atoms with Gasteiger partial charge in [-0.25, -0.2) is 4.98 Å². The summed E-state index contributed by atoms with van der Waals surface area (Å²) < 4.78 is 0. The van der Waals surface area contributed by atoms with E-state index < -0.39 is 0 Å². The fourth-order valence-corrected chi connectivity index (χ4v) is 1.81. The summed E-state index contributed by atoms with van der Waals surface area (Å²) in [5, 5.41) is 2.82. The lowest BCUT2D eigenvalue weighted by molar-refractivity contribution is 1.36. The highest BCUT2D eigenvalue weighted by Gasteiger charge is 2.02. The zero-order valence-corrected chi connectivity index (χ0v) is 9.55. The number of hydrogen-bond acceptors (Lipinski definition) is 1. The van der Waals surface area contributed by atoms with Crippen LogP contribution in [0.2, 0.25) is 5.15 Å². The van der Waals surface area contributed by atoms with E-state index >= 15 is 0 Å². The standard InChI is InChI=1S/C13H12ClN/c1-3-9(2)11-6-4-5-10-7-13(14)15-8-12(10)11/h3-8H,1-2H3/b9-3+. The molecule has 0 N–H and O–H groups in total. The third-order valence-corrected chi connectivity index (χ3v) is 2.80. The number of fused-ring (bicyclic) bond motifs is 1. The number of allylic oxidation sites excluding steroid dienone is 2. The Kier molecular flexibility index (Phi) is 2.74. The Bertz CT molecular complexity index is 529. The summed E-state index contributed by atoms with van der Waals surface area (Å²) >= 11 is 5.86. The lowest BCUT2D eigenvalue weighted by Gasteiger charge is -2.06. The van der Waals surface area contributed by atoms with Crippen molar-refractivity contribution in [1.82, 2.24) is 4.98 Å². The van der Waals surface area contributed by atoms with Gasteiger partial charge in [-0.15, -0.1) is 0 Å². The van der Waals surface area contributed by atoms with Gasteiger partial charge in [0.05, 0.1) is 0 Å². The molecule has 0 aliphatic carbocycles. The first-order chi connectivity index (χ1) is 7.22. The van der Waals surface area contributed by atoms with Gasteiger partial charge in [-0.1, -0.05) is 35.9 Å². The summed E-state index contributed by atoms with van der Waals surface area (Å²) in [5.74, 6) is 0. The number of benzene rings is 1. The minimum absolute atomic E-state index is 0.540. The lowest BCUT2D eigenvalue weighted by Crippen LogP contribution is -1.84. The van der Waals surface area contributed by atoms with E-state index in [1.807, 2.05) is 25.3 Å². The van der Waals surface area contributed by atoms with Crippen LogP contribution in [0, 0.1) is 0 Å². The Morgan fingerprint density at radius 3 is 2.93 bits per heavy atom. The van der Waals surface area contributed by atoms with E-state index in [1.165, 1.54) is 11.1 Å². The van der Waals surface area contributed by atoms with Gasteiger partial charge in [0.2, 0.25) is 0 Å². The Balaban J connectivity index is 2.77. The molecule has 0 atom stereocenters. The summed E-state index contributed by atoms with van der Waals surface area (Å²) in [5.41, 5.74) is 2.48. The Hall–Kier alpha value is -1.34. The number of halogens is 1. The molecule has 0 bridgehead atoms. The summed E-state index contributed by atoms with van der Waals surface area (Å²) in [6.07, 6.45) is 3.93. The zero-order valence-electron chi connectivity index (χ0n) is 8.79. The Morgan fingerprint density at radius 1 is 1.40 bits per heavy atom. The molecule has 2 aromatic rings. The first-order valence-corrected chi connectivity index (χ1v) is 5.27. The van der Waals surface area contributed by atoms with Crippen LogP contribution in [0.25, 0.3) is 16.3 Å². The molecule has 0 aliphatic heterocycles. The monoisotopic (exact) mass is 217 g/mol. The minimum Gasteiger partial charge on any atom is -0.244 e. The summed E-state index contributed by atoms with van der Waals surface area (Å²) in [4.78, 5) is 4.12. The second kappa shape index (κ2) is 4.03. The number of rotatable bonds is 1. The molecule has 15 heavy (non-hydrogen) atoms. The first-order valence-electron chi connectivity index (χ1n) is 4.90. The third kappa shape index (κ3) is 1.88. The van der Waals surface area contributed by atoms with Crippen LogP contribution in [0.5, 0.6) is 0 Å². The fourth-order valence-electron chi connectivity index (χ4n) is 1.64. The van der Waals surface area contributed by atoms with Crippen molar-refractivity contribution in [3.63, 3.8) is 0 Å². The molecule has 0 radical (unpaired) electrons. The molecule has 2 heteroatoms. The SMILES string of the molecule is C/C=C(\C)c1cccc2cc(Cl)ncc12. The van der Waals surface area contributed by atoms with E-state index in [4.69, 9.17) is 11.6 Å². The van der Waals surface area contributed by atoms with Gasteiger partial charge in [0, 0.05) is 11.6 Å². The first kappa shape index (κ1) is 10.2. The lowest BCUT2D eigenvalue weighted by atomic mass is 10.0. The summed E-state index contributed by atoms with van der Waals surface area (Å²) in [7, 11) is 0. The topological polar surface area (TPSA) is 12.9 Å². The van der Waals surface area contributed by atoms with Gasteiger partial charge >= 0.3 is 0 Å². The smallest absolute Gasteiger partial charge is 0.129 e. The molecule has 0 unspecified atom stereocenters. The van der Waals surface area contributed by atoms with Crippen molar-refractivity contribution in [2.45, 2.75) is 13.8 Å². The van der Waals surface area contributed by atoms with Crippen LogP contribution in [0.4, 0.5) is 0 Å². The summed E-state index contributed by atoms with van der Waals surface area (Å²) in [6, 6.07) is 8.09. The molecule has 1 nitrogen and oxygen atoms in total. The van der Waals surface area contributed by atoms with Crippen molar-refractivity contribution in [3.05, 3.63) is 47.3 Å². The highest BCUT2D eigenvalue weighted by atomic mass is 35.5. The number of hydrogen-bond donors (Lipinski definition) is 0. The molecule has 1 heterocycles. The van der Waals surface area contributed by atoms with Crippen molar-refractivity contribution >= 4 is 27.9 Å². The van der Waals surface area contributed by atoms with Crippen LogP contribution in [-0.4, -0.2) is 4.98 Å². The highest BCUT2D eigenvalue weighted by Crippen LogP contribution is 2.25. The van der Waals surface area contributed by atoms with Gasteiger partial charge in [0.25, 0.3) is 0 Å². The van der Waals surface area contributed by atoms with Gasteiger partial charge < -0.3 is 0 Å². The zero-order chi connectivity index (χ0) is 10.8. The Labute approximate surface area is 94.4 Å². The van der Waals surface area contributed by atoms with E-state index in [0.29, 0.717) is 5.15 Å². The maximum absolute atomic E-state index is 5.86. The molecule has 2 rings (SSSR count). The molecule has 0 amide bonds. The van der Waals surface area contributed by atoms with Crippen LogP contribution >= 0.6 is 11.6 Å². The second-order valence-electron chi connectivity index (χ2n) is 3.51. The average molecular weight is 218 g/mol. The maximum Gasteiger partial charge on any atom is 0.129 e. The molecular formula is C13H12ClN. The van der Waals surface area contributed by atoms with Gasteiger partial charge in [-0.3, -0.25) is 0 Å². The normalized spacial score (nSPS) is 12.1. The fraction of sp³-hybridized carbons (Fsp3) is 0.154. The van der Waals surface area contributed by atoms with Gasteiger partial charge in [0.1, 0.15) is 5.15 Å². The molecule has 0 saturated carbocycles. The van der Waals surface area contributed by atoms with Crippen molar-refractivity contribution < 1.29 is 0 Å². The van der Waals surface area contributed by atoms with E-state index in [0.717, 1.165) is 10.8 Å². The van der Waals surface area contributed by atoms with Crippen molar-refractivity contribution in [3.8, 4) is 0 Å². The van der Waals surface area contributed by atoms with E-state index in [9.17, 15) is 0 Å². The van der Waals surface area contributed by atoms with Crippen molar-refractivity contribution in [1.29, 1.82) is 0 Å². The van der Waals surface area contributed by atoms with Crippen LogP contribution in [0.1, 0.15) is 19.4 Å². The number of aromatic nitrogens is 1. The molecular weight excluding hydrogens is 206 g/mol. The van der Waals surface area contributed by atoms with E-state index in [-0.39, 0.29) is 0 Å². The predicted octanol–water partition coefficient (Wildman–Crippen LogP) is 4.31. The van der Waals surface area contributed by atoms with Gasteiger partial charge in [0.15, 0.2) is 0 Å². The molecule has 0 saturated heterocycles. The van der Waals surface area contributed by atoms with Crippen LogP contribution < -0.4 is 0 Å². The van der Waals surface area contributed by atoms with Crippen LogP contribution in [-0.2, 0) is 0 Å². The van der Waals surface area contributed by atoms with Crippen LogP contribution in [0.3, 0.4) is 0 Å². The van der Waals surface area contributed by atoms with E-state index in [1.54, 1.807) is 0 Å². The quantitative estimate of drug-likeness (QED) is 0.649. The maximum atomic E-state index is 5.86. The van der Waals surface area contributed by atoms with Crippen molar-refractivity contribution in [2.75, 3.05) is 0 Å². The number of nitrogens with zero attached hydrogens (tertiary/aromatic N) is 1. The Morgan fingerprint density at radius 2 is 2.20 bits per heavy atom. The molecule has 0 spiro atoms. The minimum atomic E-state index is 0.540. The van der Waals surface area contributed by atoms with Gasteiger partial charge in [-0.05, 0) is 36.4 Å². The molecule has 76 valence electrons. The predicted molar refractivity (Wildman–Crippen MR) is 66.1 cm³/mol. The summed E-state index contributed by atoms with van der Waals surface area (Å²) in [6.45, 7) is 4.14. The van der Waals surface area contributed by atoms with E-state index in [2.05, 4.69) is 30.1 Å². The third-order valence-electron chi connectivity index (χ3n) is 2.59. The molecule has 1 aromatic carbocycles. The molecule has 0 fully saturated rings.